The molecule has 21 heavy (non-hydrogen) atoms. The molecule has 3 aliphatic rings. The third-order valence-corrected chi connectivity index (χ3v) is 5.78. The molecule has 0 saturated carbocycles. The molecule has 3 fully saturated rings. The summed E-state index contributed by atoms with van der Waals surface area (Å²) in [5.41, 5.74) is 2.36. The van der Waals surface area contributed by atoms with E-state index in [-0.39, 0.29) is 5.91 Å². The van der Waals surface area contributed by atoms with E-state index in [1.54, 1.807) is 5.51 Å². The van der Waals surface area contributed by atoms with Crippen LogP contribution in [0.5, 0.6) is 0 Å². The summed E-state index contributed by atoms with van der Waals surface area (Å²) in [6.45, 7) is 3.78. The molecule has 0 bridgehead atoms. The number of ether oxygens (including phenoxy) is 1. The maximum atomic E-state index is 12.6. The number of carbonyl (C=O) groups is 1. The van der Waals surface area contributed by atoms with Gasteiger partial charge in [0.2, 0.25) is 0 Å². The molecule has 4 heterocycles. The quantitative estimate of drug-likeness (QED) is 0.833. The zero-order valence-corrected chi connectivity index (χ0v) is 12.9. The summed E-state index contributed by atoms with van der Waals surface area (Å²) in [7, 11) is 0. The van der Waals surface area contributed by atoms with Gasteiger partial charge in [-0.05, 0) is 25.7 Å². The first-order valence-corrected chi connectivity index (χ1v) is 8.81. The van der Waals surface area contributed by atoms with Crippen molar-refractivity contribution in [1.29, 1.82) is 0 Å². The lowest BCUT2D eigenvalue weighted by Gasteiger charge is -2.35. The van der Waals surface area contributed by atoms with Gasteiger partial charge in [0.25, 0.3) is 5.91 Å². The largest absolute Gasteiger partial charge is 0.381 e. The number of thiazole rings is 1. The van der Waals surface area contributed by atoms with E-state index in [4.69, 9.17) is 4.74 Å². The maximum absolute atomic E-state index is 12.6. The highest BCUT2D eigenvalue weighted by Gasteiger charge is 2.46. The van der Waals surface area contributed by atoms with Crippen molar-refractivity contribution in [2.24, 2.45) is 0 Å². The van der Waals surface area contributed by atoms with Gasteiger partial charge >= 0.3 is 0 Å². The van der Waals surface area contributed by atoms with Crippen molar-refractivity contribution in [2.75, 3.05) is 26.3 Å². The van der Waals surface area contributed by atoms with Crippen LogP contribution in [-0.2, 0) is 4.74 Å². The molecule has 6 heteroatoms. The Hall–Kier alpha value is -0.980. The van der Waals surface area contributed by atoms with Crippen LogP contribution in [0.3, 0.4) is 0 Å². The van der Waals surface area contributed by atoms with Gasteiger partial charge < -0.3 is 9.64 Å². The molecule has 0 spiro atoms. The maximum Gasteiger partial charge on any atom is 0.273 e. The van der Waals surface area contributed by atoms with E-state index in [2.05, 4.69) is 14.8 Å². The molecule has 1 aromatic heterocycles. The topological polar surface area (TPSA) is 45.7 Å². The lowest BCUT2D eigenvalue weighted by molar-refractivity contribution is 0.0286. The van der Waals surface area contributed by atoms with E-state index in [1.807, 2.05) is 5.38 Å². The van der Waals surface area contributed by atoms with E-state index in [1.165, 1.54) is 11.3 Å². The molecule has 1 amide bonds. The second-order valence-electron chi connectivity index (χ2n) is 6.17. The number of aromatic nitrogens is 1. The van der Waals surface area contributed by atoms with Crippen LogP contribution in [0.1, 0.15) is 36.2 Å². The number of hydrogen-bond donors (Lipinski definition) is 0. The SMILES string of the molecule is O=C(c1cscn1)N1CC[C@@H]2[C@@H]1CCN2C1CCOCC1. The standard InChI is InChI=1S/C15H21N3O2S/c19-15(12-9-21-10-16-12)18-6-2-13-14(18)1-5-17(13)11-3-7-20-8-4-11/h9-11,13-14H,1-8H2/t13-,14+/m1/s1. The first kappa shape index (κ1) is 13.7. The van der Waals surface area contributed by atoms with Gasteiger partial charge in [-0.15, -0.1) is 11.3 Å². The molecule has 5 nitrogen and oxygen atoms in total. The zero-order valence-electron chi connectivity index (χ0n) is 12.1. The van der Waals surface area contributed by atoms with Crippen LogP contribution in [0.25, 0.3) is 0 Å². The summed E-state index contributed by atoms with van der Waals surface area (Å²) < 4.78 is 5.48. The molecule has 0 aliphatic carbocycles. The molecule has 0 radical (unpaired) electrons. The highest BCUT2D eigenvalue weighted by atomic mass is 32.1. The fraction of sp³-hybridized carbons (Fsp3) is 0.733. The van der Waals surface area contributed by atoms with E-state index in [0.717, 1.165) is 52.0 Å². The van der Waals surface area contributed by atoms with Crippen LogP contribution in [-0.4, -0.2) is 65.1 Å². The van der Waals surface area contributed by atoms with Gasteiger partial charge in [0.15, 0.2) is 0 Å². The number of hydrogen-bond acceptors (Lipinski definition) is 5. The lowest BCUT2D eigenvalue weighted by Crippen LogP contribution is -2.45. The summed E-state index contributed by atoms with van der Waals surface area (Å²) in [6.07, 6.45) is 4.50. The van der Waals surface area contributed by atoms with Gasteiger partial charge in [-0.2, -0.15) is 0 Å². The van der Waals surface area contributed by atoms with Gasteiger partial charge in [-0.1, -0.05) is 0 Å². The fourth-order valence-electron chi connectivity index (χ4n) is 4.21. The minimum Gasteiger partial charge on any atom is -0.381 e. The molecule has 3 saturated heterocycles. The first-order chi connectivity index (χ1) is 10.3. The van der Waals surface area contributed by atoms with Crippen LogP contribution >= 0.6 is 11.3 Å². The number of nitrogens with zero attached hydrogens (tertiary/aromatic N) is 3. The number of carbonyl (C=O) groups excluding carboxylic acids is 1. The lowest BCUT2D eigenvalue weighted by atomic mass is 10.0. The van der Waals surface area contributed by atoms with E-state index in [9.17, 15) is 4.79 Å². The Balaban J connectivity index is 1.47. The smallest absolute Gasteiger partial charge is 0.273 e. The van der Waals surface area contributed by atoms with Crippen LogP contribution in [0.4, 0.5) is 0 Å². The average molecular weight is 307 g/mol. The molecule has 4 rings (SSSR count). The Morgan fingerprint density at radius 1 is 1.19 bits per heavy atom. The van der Waals surface area contributed by atoms with E-state index < -0.39 is 0 Å². The summed E-state index contributed by atoms with van der Waals surface area (Å²) in [5.74, 6) is 0.123. The molecule has 0 unspecified atom stereocenters. The van der Waals surface area contributed by atoms with Gasteiger partial charge in [0, 0.05) is 49.8 Å². The van der Waals surface area contributed by atoms with Crippen molar-refractivity contribution >= 4 is 17.2 Å². The van der Waals surface area contributed by atoms with Crippen LogP contribution in [0.2, 0.25) is 0 Å². The Morgan fingerprint density at radius 3 is 2.76 bits per heavy atom. The molecule has 0 aromatic carbocycles. The molecule has 1 aromatic rings. The third-order valence-electron chi connectivity index (χ3n) is 5.19. The average Bonchev–Trinajstić information content (AvgIpc) is 3.24. The van der Waals surface area contributed by atoms with Crippen molar-refractivity contribution < 1.29 is 9.53 Å². The minimum absolute atomic E-state index is 0.123. The second kappa shape index (κ2) is 5.66. The van der Waals surface area contributed by atoms with Crippen molar-refractivity contribution in [3.63, 3.8) is 0 Å². The van der Waals surface area contributed by atoms with Crippen molar-refractivity contribution in [1.82, 2.24) is 14.8 Å². The van der Waals surface area contributed by atoms with Crippen molar-refractivity contribution in [2.45, 2.75) is 43.8 Å². The Morgan fingerprint density at radius 2 is 2.00 bits per heavy atom. The predicted molar refractivity (Wildman–Crippen MR) is 80.5 cm³/mol. The molecule has 3 aliphatic heterocycles. The van der Waals surface area contributed by atoms with E-state index >= 15 is 0 Å². The zero-order chi connectivity index (χ0) is 14.2. The molecule has 114 valence electrons. The highest BCUT2D eigenvalue weighted by Crippen LogP contribution is 2.35. The Labute approximate surface area is 128 Å². The van der Waals surface area contributed by atoms with Crippen LogP contribution in [0.15, 0.2) is 10.9 Å². The minimum atomic E-state index is 0.123. The summed E-state index contributed by atoms with van der Waals surface area (Å²) in [5, 5.41) is 1.86. The van der Waals surface area contributed by atoms with Crippen molar-refractivity contribution in [3.05, 3.63) is 16.6 Å². The van der Waals surface area contributed by atoms with Gasteiger partial charge in [-0.25, -0.2) is 4.98 Å². The van der Waals surface area contributed by atoms with E-state index in [0.29, 0.717) is 23.8 Å². The number of likely N-dealkylation sites (tertiary alicyclic amines) is 2. The Kier molecular flexibility index (Phi) is 3.69. The number of amides is 1. The fourth-order valence-corrected chi connectivity index (χ4v) is 4.73. The van der Waals surface area contributed by atoms with Crippen molar-refractivity contribution in [3.8, 4) is 0 Å². The summed E-state index contributed by atoms with van der Waals surface area (Å²) >= 11 is 1.49. The molecule has 2 atom stereocenters. The summed E-state index contributed by atoms with van der Waals surface area (Å²) in [6, 6.07) is 1.60. The second-order valence-corrected chi connectivity index (χ2v) is 6.88. The molecular formula is C15H21N3O2S. The number of fused-ring (bicyclic) bond motifs is 1. The summed E-state index contributed by atoms with van der Waals surface area (Å²) in [4.78, 5) is 21.5. The predicted octanol–water partition coefficient (Wildman–Crippen LogP) is 1.61. The van der Waals surface area contributed by atoms with Gasteiger partial charge in [0.05, 0.1) is 5.51 Å². The number of rotatable bonds is 2. The van der Waals surface area contributed by atoms with Crippen LogP contribution < -0.4 is 0 Å². The van der Waals surface area contributed by atoms with Crippen LogP contribution in [0, 0.1) is 0 Å². The first-order valence-electron chi connectivity index (χ1n) is 7.87. The monoisotopic (exact) mass is 307 g/mol. The molecule has 0 N–H and O–H groups in total. The van der Waals surface area contributed by atoms with Gasteiger partial charge in [-0.3, -0.25) is 9.69 Å². The van der Waals surface area contributed by atoms with Gasteiger partial charge in [0.1, 0.15) is 5.69 Å². The third kappa shape index (κ3) is 2.39. The molecular weight excluding hydrogens is 286 g/mol. The highest BCUT2D eigenvalue weighted by molar-refractivity contribution is 7.07. The normalized spacial score (nSPS) is 30.8. The Bertz CT molecular complexity index is 501.